The summed E-state index contributed by atoms with van der Waals surface area (Å²) in [6.07, 6.45) is 1.32. The van der Waals surface area contributed by atoms with E-state index in [9.17, 15) is 10.1 Å². The standard InChI is InChI=1S/C15H14ClN5O3/c1-8(2)6-24-11-4-3-9(5-10(11)21(22)23)14-19-12-13(16)17-7-18-15(12)20-14/h3-5,7-8H,6H2,1-2H3,(H,17,18,19,20). The van der Waals surface area contributed by atoms with Crippen LogP contribution in [0.25, 0.3) is 22.6 Å². The van der Waals surface area contributed by atoms with Crippen molar-refractivity contribution in [3.8, 4) is 17.1 Å². The minimum Gasteiger partial charge on any atom is -0.487 e. The van der Waals surface area contributed by atoms with Crippen LogP contribution in [0.2, 0.25) is 5.15 Å². The number of aromatic nitrogens is 4. The number of halogens is 1. The van der Waals surface area contributed by atoms with Crippen molar-refractivity contribution in [3.05, 3.63) is 39.8 Å². The number of hydrogen-bond donors (Lipinski definition) is 1. The van der Waals surface area contributed by atoms with Gasteiger partial charge < -0.3 is 9.72 Å². The van der Waals surface area contributed by atoms with E-state index >= 15 is 0 Å². The number of nitrogens with one attached hydrogen (secondary N) is 1. The molecule has 0 radical (unpaired) electrons. The van der Waals surface area contributed by atoms with Gasteiger partial charge in [0.2, 0.25) is 0 Å². The summed E-state index contributed by atoms with van der Waals surface area (Å²) in [4.78, 5) is 26.0. The molecule has 0 atom stereocenters. The zero-order chi connectivity index (χ0) is 17.3. The van der Waals surface area contributed by atoms with Gasteiger partial charge in [-0.2, -0.15) is 0 Å². The second-order valence-corrected chi connectivity index (χ2v) is 5.95. The minimum atomic E-state index is -0.478. The SMILES string of the molecule is CC(C)COc1ccc(-c2nc3c(Cl)ncnc3[nH]2)cc1[N+](=O)[O-]. The Bertz CT molecular complexity index is 909. The number of aromatic amines is 1. The van der Waals surface area contributed by atoms with Gasteiger partial charge in [-0.15, -0.1) is 0 Å². The lowest BCUT2D eigenvalue weighted by Crippen LogP contribution is -2.06. The third-order valence-corrected chi connectivity index (χ3v) is 3.52. The van der Waals surface area contributed by atoms with Crippen LogP contribution in [0.4, 0.5) is 5.69 Å². The molecule has 0 aliphatic heterocycles. The van der Waals surface area contributed by atoms with Gasteiger partial charge in [0.1, 0.15) is 17.7 Å². The van der Waals surface area contributed by atoms with Gasteiger partial charge in [0, 0.05) is 11.6 Å². The molecule has 124 valence electrons. The maximum absolute atomic E-state index is 11.3. The fraction of sp³-hybridized carbons (Fsp3) is 0.267. The number of benzene rings is 1. The highest BCUT2D eigenvalue weighted by Crippen LogP contribution is 2.32. The number of ether oxygens (including phenoxy) is 1. The number of rotatable bonds is 5. The minimum absolute atomic E-state index is 0.120. The van der Waals surface area contributed by atoms with Crippen molar-refractivity contribution in [2.24, 2.45) is 5.92 Å². The van der Waals surface area contributed by atoms with Crippen LogP contribution in [0, 0.1) is 16.0 Å². The number of fused-ring (bicyclic) bond motifs is 1. The van der Waals surface area contributed by atoms with Gasteiger partial charge >= 0.3 is 5.69 Å². The first-order valence-corrected chi connectivity index (χ1v) is 7.61. The number of H-pyrrole nitrogens is 1. The van der Waals surface area contributed by atoms with E-state index in [0.717, 1.165) is 0 Å². The van der Waals surface area contributed by atoms with E-state index < -0.39 is 4.92 Å². The van der Waals surface area contributed by atoms with Crippen LogP contribution < -0.4 is 4.74 Å². The molecule has 0 aliphatic carbocycles. The molecule has 0 unspecified atom stereocenters. The molecule has 1 N–H and O–H groups in total. The summed E-state index contributed by atoms with van der Waals surface area (Å²) >= 11 is 5.97. The highest BCUT2D eigenvalue weighted by molar-refractivity contribution is 6.33. The predicted octanol–water partition coefficient (Wildman–Crippen LogP) is 3.62. The van der Waals surface area contributed by atoms with Crippen LogP contribution in [0.3, 0.4) is 0 Å². The molecule has 0 spiro atoms. The summed E-state index contributed by atoms with van der Waals surface area (Å²) in [5.41, 5.74) is 1.29. The summed E-state index contributed by atoms with van der Waals surface area (Å²) in [7, 11) is 0. The fourth-order valence-electron chi connectivity index (χ4n) is 2.12. The van der Waals surface area contributed by atoms with E-state index in [4.69, 9.17) is 16.3 Å². The van der Waals surface area contributed by atoms with Gasteiger partial charge in [0.25, 0.3) is 0 Å². The molecule has 9 heteroatoms. The Balaban J connectivity index is 2.02. The number of nitrogens with zero attached hydrogens (tertiary/aromatic N) is 4. The maximum atomic E-state index is 11.3. The molecule has 0 bridgehead atoms. The van der Waals surface area contributed by atoms with Crippen molar-refractivity contribution in [1.29, 1.82) is 0 Å². The summed E-state index contributed by atoms with van der Waals surface area (Å²) in [6.45, 7) is 4.34. The molecule has 2 aromatic heterocycles. The van der Waals surface area contributed by atoms with Crippen molar-refractivity contribution in [3.63, 3.8) is 0 Å². The first kappa shape index (κ1) is 16.1. The topological polar surface area (TPSA) is 107 Å². The van der Waals surface area contributed by atoms with Gasteiger partial charge in [-0.1, -0.05) is 25.4 Å². The Morgan fingerprint density at radius 3 is 2.83 bits per heavy atom. The summed E-state index contributed by atoms with van der Waals surface area (Å²) < 4.78 is 5.51. The molecule has 0 saturated heterocycles. The Labute approximate surface area is 142 Å². The molecule has 0 saturated carbocycles. The third kappa shape index (κ3) is 3.13. The van der Waals surface area contributed by atoms with E-state index in [2.05, 4.69) is 19.9 Å². The zero-order valence-electron chi connectivity index (χ0n) is 13.0. The van der Waals surface area contributed by atoms with Crippen LogP contribution in [0.15, 0.2) is 24.5 Å². The average Bonchev–Trinajstić information content (AvgIpc) is 2.98. The Morgan fingerprint density at radius 1 is 1.38 bits per heavy atom. The largest absolute Gasteiger partial charge is 0.487 e. The first-order chi connectivity index (χ1) is 11.5. The van der Waals surface area contributed by atoms with Gasteiger partial charge in [-0.3, -0.25) is 10.1 Å². The molecule has 3 aromatic rings. The van der Waals surface area contributed by atoms with Gasteiger partial charge in [-0.05, 0) is 18.1 Å². The van der Waals surface area contributed by atoms with E-state index in [1.807, 2.05) is 13.8 Å². The average molecular weight is 348 g/mol. The van der Waals surface area contributed by atoms with Crippen molar-refractivity contribution in [2.45, 2.75) is 13.8 Å². The Morgan fingerprint density at radius 2 is 2.17 bits per heavy atom. The van der Waals surface area contributed by atoms with Crippen molar-refractivity contribution < 1.29 is 9.66 Å². The van der Waals surface area contributed by atoms with Crippen molar-refractivity contribution in [1.82, 2.24) is 19.9 Å². The molecule has 0 aliphatic rings. The monoisotopic (exact) mass is 347 g/mol. The molecule has 2 heterocycles. The smallest absolute Gasteiger partial charge is 0.311 e. The summed E-state index contributed by atoms with van der Waals surface area (Å²) in [5, 5.41) is 11.5. The number of nitro benzene ring substituents is 1. The highest BCUT2D eigenvalue weighted by atomic mass is 35.5. The molecule has 24 heavy (non-hydrogen) atoms. The van der Waals surface area contributed by atoms with E-state index in [0.29, 0.717) is 29.2 Å². The van der Waals surface area contributed by atoms with Crippen LogP contribution in [0.5, 0.6) is 5.75 Å². The summed E-state index contributed by atoms with van der Waals surface area (Å²) in [6, 6.07) is 4.67. The van der Waals surface area contributed by atoms with E-state index in [1.165, 1.54) is 12.4 Å². The quantitative estimate of drug-likeness (QED) is 0.429. The Hall–Kier alpha value is -2.74. The van der Waals surface area contributed by atoms with Gasteiger partial charge in [-0.25, -0.2) is 15.0 Å². The van der Waals surface area contributed by atoms with E-state index in [-0.39, 0.29) is 22.5 Å². The molecular formula is C15H14ClN5O3. The molecule has 8 nitrogen and oxygen atoms in total. The first-order valence-electron chi connectivity index (χ1n) is 7.23. The Kier molecular flexibility index (Phi) is 4.30. The molecule has 1 aromatic carbocycles. The van der Waals surface area contributed by atoms with E-state index in [1.54, 1.807) is 12.1 Å². The summed E-state index contributed by atoms with van der Waals surface area (Å²) in [5.74, 6) is 0.915. The normalized spacial score (nSPS) is 11.2. The molecular weight excluding hydrogens is 334 g/mol. The number of imidazole rings is 1. The zero-order valence-corrected chi connectivity index (χ0v) is 13.7. The van der Waals surface area contributed by atoms with Crippen LogP contribution >= 0.6 is 11.6 Å². The van der Waals surface area contributed by atoms with Gasteiger partial charge in [0.15, 0.2) is 16.5 Å². The molecule has 3 rings (SSSR count). The van der Waals surface area contributed by atoms with Crippen molar-refractivity contribution >= 4 is 28.5 Å². The predicted molar refractivity (Wildman–Crippen MR) is 89.1 cm³/mol. The van der Waals surface area contributed by atoms with Crippen LogP contribution in [-0.4, -0.2) is 31.5 Å². The number of hydrogen-bond acceptors (Lipinski definition) is 6. The van der Waals surface area contributed by atoms with Crippen molar-refractivity contribution in [2.75, 3.05) is 6.61 Å². The lowest BCUT2D eigenvalue weighted by molar-refractivity contribution is -0.385. The second-order valence-electron chi connectivity index (χ2n) is 5.59. The van der Waals surface area contributed by atoms with Crippen LogP contribution in [-0.2, 0) is 0 Å². The lowest BCUT2D eigenvalue weighted by atomic mass is 10.1. The second kappa shape index (κ2) is 6.40. The maximum Gasteiger partial charge on any atom is 0.311 e. The highest BCUT2D eigenvalue weighted by Gasteiger charge is 2.19. The molecule has 0 amide bonds. The number of nitro groups is 1. The molecule has 0 fully saturated rings. The van der Waals surface area contributed by atoms with Crippen LogP contribution in [0.1, 0.15) is 13.8 Å². The van der Waals surface area contributed by atoms with Gasteiger partial charge in [0.05, 0.1) is 11.5 Å². The lowest BCUT2D eigenvalue weighted by Gasteiger charge is -2.09. The fourth-order valence-corrected chi connectivity index (χ4v) is 2.30. The third-order valence-electron chi connectivity index (χ3n) is 3.24.